The zero-order chi connectivity index (χ0) is 24.1. The largest absolute Gasteiger partial charge is 0.497 e. The number of methoxy groups -OCH3 is 1. The number of nitrogens with one attached hydrogen (secondary N) is 1. The Hall–Kier alpha value is -3.64. The summed E-state index contributed by atoms with van der Waals surface area (Å²) in [6.45, 7) is 4.35. The standard InChI is InChI=1S/C28H27NO4S/c1-5-32-25-16-26-22(23(17-33-26)19-10-12-20(31-3)13-11-19)15-21(25)18(2)14-28(30)29-24-8-6-7-9-27(24)34-4/h6-17H,5H2,1-4H3,(H,29,30)/b18-14+. The highest BCUT2D eigenvalue weighted by atomic mass is 32.2. The van der Waals surface area contributed by atoms with Crippen LogP contribution in [0.2, 0.25) is 0 Å². The molecule has 6 heteroatoms. The van der Waals surface area contributed by atoms with Gasteiger partial charge in [0.25, 0.3) is 0 Å². The fourth-order valence-corrected chi connectivity index (χ4v) is 4.38. The first-order valence-corrected chi connectivity index (χ1v) is 12.2. The van der Waals surface area contributed by atoms with E-state index in [1.54, 1.807) is 31.2 Å². The third kappa shape index (κ3) is 4.97. The van der Waals surface area contributed by atoms with Gasteiger partial charge in [0.1, 0.15) is 17.1 Å². The van der Waals surface area contributed by atoms with E-state index >= 15 is 0 Å². The molecule has 1 amide bonds. The summed E-state index contributed by atoms with van der Waals surface area (Å²) < 4.78 is 17.0. The van der Waals surface area contributed by atoms with Gasteiger partial charge in [-0.1, -0.05) is 24.3 Å². The van der Waals surface area contributed by atoms with Crippen LogP contribution in [-0.2, 0) is 4.79 Å². The van der Waals surface area contributed by atoms with Crippen molar-refractivity contribution >= 4 is 39.9 Å². The van der Waals surface area contributed by atoms with E-state index in [1.165, 1.54) is 0 Å². The Bertz CT molecular complexity index is 1340. The average Bonchev–Trinajstić information content (AvgIpc) is 3.27. The Kier molecular flexibility index (Phi) is 7.28. The van der Waals surface area contributed by atoms with Crippen molar-refractivity contribution in [1.82, 2.24) is 0 Å². The summed E-state index contributed by atoms with van der Waals surface area (Å²) in [5, 5.41) is 3.94. The highest BCUT2D eigenvalue weighted by Gasteiger charge is 2.16. The van der Waals surface area contributed by atoms with E-state index < -0.39 is 0 Å². The number of hydrogen-bond acceptors (Lipinski definition) is 5. The second-order valence-electron chi connectivity index (χ2n) is 7.67. The minimum atomic E-state index is -0.191. The molecule has 1 N–H and O–H groups in total. The number of hydrogen-bond donors (Lipinski definition) is 1. The quantitative estimate of drug-likeness (QED) is 0.215. The number of furan rings is 1. The van der Waals surface area contributed by atoms with Gasteiger partial charge in [-0.3, -0.25) is 4.79 Å². The van der Waals surface area contributed by atoms with Gasteiger partial charge in [-0.2, -0.15) is 0 Å². The summed E-state index contributed by atoms with van der Waals surface area (Å²) in [7, 11) is 1.65. The molecule has 4 rings (SSSR count). The molecule has 0 aliphatic heterocycles. The van der Waals surface area contributed by atoms with E-state index in [-0.39, 0.29) is 5.91 Å². The van der Waals surface area contributed by atoms with E-state index in [0.717, 1.165) is 49.6 Å². The molecule has 0 saturated carbocycles. The van der Waals surface area contributed by atoms with Gasteiger partial charge in [-0.15, -0.1) is 11.8 Å². The molecule has 0 bridgehead atoms. The van der Waals surface area contributed by atoms with Crippen molar-refractivity contribution in [3.63, 3.8) is 0 Å². The Morgan fingerprint density at radius 3 is 2.59 bits per heavy atom. The van der Waals surface area contributed by atoms with Crippen LogP contribution >= 0.6 is 11.8 Å². The van der Waals surface area contributed by atoms with Crippen molar-refractivity contribution in [1.29, 1.82) is 0 Å². The van der Waals surface area contributed by atoms with Crippen LogP contribution in [0.15, 0.2) is 82.3 Å². The Morgan fingerprint density at radius 2 is 1.88 bits per heavy atom. The van der Waals surface area contributed by atoms with Gasteiger partial charge < -0.3 is 19.2 Å². The van der Waals surface area contributed by atoms with Gasteiger partial charge in [0.15, 0.2) is 0 Å². The van der Waals surface area contributed by atoms with Crippen molar-refractivity contribution in [3.8, 4) is 22.6 Å². The Balaban J connectivity index is 1.71. The zero-order valence-electron chi connectivity index (χ0n) is 19.7. The summed E-state index contributed by atoms with van der Waals surface area (Å²) in [4.78, 5) is 13.8. The number of carbonyl (C=O) groups excluding carboxylic acids is 1. The van der Waals surface area contributed by atoms with Gasteiger partial charge in [0.05, 0.1) is 25.7 Å². The van der Waals surface area contributed by atoms with Gasteiger partial charge in [-0.05, 0) is 61.6 Å². The lowest BCUT2D eigenvalue weighted by atomic mass is 9.99. The fraction of sp³-hybridized carbons (Fsp3) is 0.179. The van der Waals surface area contributed by atoms with Crippen LogP contribution in [0, 0.1) is 0 Å². The Morgan fingerprint density at radius 1 is 1.12 bits per heavy atom. The second-order valence-corrected chi connectivity index (χ2v) is 8.52. The van der Waals surface area contributed by atoms with Crippen LogP contribution in [0.4, 0.5) is 5.69 Å². The number of ether oxygens (including phenoxy) is 2. The summed E-state index contributed by atoms with van der Waals surface area (Å²) >= 11 is 1.59. The number of rotatable bonds is 8. The molecule has 1 aromatic heterocycles. The number of thioether (sulfide) groups is 1. The average molecular weight is 474 g/mol. The van der Waals surface area contributed by atoms with Crippen molar-refractivity contribution in [2.24, 2.45) is 0 Å². The molecular formula is C28H27NO4S. The van der Waals surface area contributed by atoms with Crippen molar-refractivity contribution < 1.29 is 18.7 Å². The van der Waals surface area contributed by atoms with E-state index in [4.69, 9.17) is 13.9 Å². The maximum Gasteiger partial charge on any atom is 0.248 e. The summed E-state index contributed by atoms with van der Waals surface area (Å²) in [6, 6.07) is 19.5. The number of fused-ring (bicyclic) bond motifs is 1. The van der Waals surface area contributed by atoms with E-state index in [1.807, 2.05) is 80.8 Å². The first kappa shape index (κ1) is 23.5. The summed E-state index contributed by atoms with van der Waals surface area (Å²) in [5.41, 5.74) is 5.14. The molecule has 0 aliphatic rings. The van der Waals surface area contributed by atoms with Gasteiger partial charge in [-0.25, -0.2) is 0 Å². The van der Waals surface area contributed by atoms with E-state index in [9.17, 15) is 4.79 Å². The lowest BCUT2D eigenvalue weighted by Crippen LogP contribution is -2.09. The normalized spacial score (nSPS) is 11.5. The molecule has 0 saturated heterocycles. The van der Waals surface area contributed by atoms with Crippen molar-refractivity contribution in [2.45, 2.75) is 18.7 Å². The maximum atomic E-state index is 12.8. The minimum Gasteiger partial charge on any atom is -0.497 e. The van der Waals surface area contributed by atoms with Crippen LogP contribution in [-0.4, -0.2) is 25.9 Å². The van der Waals surface area contributed by atoms with Crippen LogP contribution in [0.3, 0.4) is 0 Å². The molecule has 0 spiro atoms. The number of benzene rings is 3. The van der Waals surface area contributed by atoms with Crippen LogP contribution in [0.5, 0.6) is 11.5 Å². The highest BCUT2D eigenvalue weighted by molar-refractivity contribution is 7.98. The number of para-hydroxylation sites is 1. The van der Waals surface area contributed by atoms with Crippen molar-refractivity contribution in [3.05, 3.63) is 78.6 Å². The number of anilines is 1. The van der Waals surface area contributed by atoms with Crippen LogP contribution in [0.25, 0.3) is 27.7 Å². The lowest BCUT2D eigenvalue weighted by Gasteiger charge is -2.12. The predicted molar refractivity (Wildman–Crippen MR) is 140 cm³/mol. The van der Waals surface area contributed by atoms with E-state index in [2.05, 4.69) is 5.32 Å². The van der Waals surface area contributed by atoms with Gasteiger partial charge in [0, 0.05) is 33.6 Å². The zero-order valence-corrected chi connectivity index (χ0v) is 20.5. The maximum absolute atomic E-state index is 12.8. The first-order valence-electron chi connectivity index (χ1n) is 11.0. The molecule has 5 nitrogen and oxygen atoms in total. The van der Waals surface area contributed by atoms with Gasteiger partial charge in [0.2, 0.25) is 5.91 Å². The molecular weight excluding hydrogens is 446 g/mol. The molecule has 1 heterocycles. The molecule has 34 heavy (non-hydrogen) atoms. The third-order valence-electron chi connectivity index (χ3n) is 5.51. The third-order valence-corrected chi connectivity index (χ3v) is 6.31. The second kappa shape index (κ2) is 10.5. The lowest BCUT2D eigenvalue weighted by molar-refractivity contribution is -0.111. The molecule has 4 aromatic rings. The molecule has 0 fully saturated rings. The smallest absolute Gasteiger partial charge is 0.248 e. The number of amides is 1. The Labute approximate surface area is 203 Å². The van der Waals surface area contributed by atoms with Crippen molar-refractivity contribution in [2.75, 3.05) is 25.3 Å². The summed E-state index contributed by atoms with van der Waals surface area (Å²) in [5.74, 6) is 1.28. The van der Waals surface area contributed by atoms with E-state index in [0.29, 0.717) is 12.4 Å². The fourth-order valence-electron chi connectivity index (χ4n) is 3.82. The molecule has 0 atom stereocenters. The SMILES string of the molecule is CCOc1cc2occ(-c3ccc(OC)cc3)c2cc1/C(C)=C/C(=O)Nc1ccccc1SC. The minimum absolute atomic E-state index is 0.191. The van der Waals surface area contributed by atoms with Crippen LogP contribution in [0.1, 0.15) is 19.4 Å². The number of allylic oxidation sites excluding steroid dienone is 1. The highest BCUT2D eigenvalue weighted by Crippen LogP contribution is 2.38. The molecule has 0 unspecified atom stereocenters. The predicted octanol–water partition coefficient (Wildman–Crippen LogP) is 7.27. The topological polar surface area (TPSA) is 60.7 Å². The first-order chi connectivity index (χ1) is 16.5. The monoisotopic (exact) mass is 473 g/mol. The number of carbonyl (C=O) groups is 1. The molecule has 3 aromatic carbocycles. The molecule has 0 radical (unpaired) electrons. The summed E-state index contributed by atoms with van der Waals surface area (Å²) in [6.07, 6.45) is 5.34. The van der Waals surface area contributed by atoms with Gasteiger partial charge >= 0.3 is 0 Å². The molecule has 174 valence electrons. The molecule has 0 aliphatic carbocycles. The van der Waals surface area contributed by atoms with Crippen LogP contribution < -0.4 is 14.8 Å².